The highest BCUT2D eigenvalue weighted by Gasteiger charge is 2.56. The van der Waals surface area contributed by atoms with Gasteiger partial charge < -0.3 is 39.9 Å². The Hall–Kier alpha value is -7.36. The maximum absolute atomic E-state index is 14.6. The number of aromatic nitrogens is 6. The van der Waals surface area contributed by atoms with Gasteiger partial charge in [0, 0.05) is 25.5 Å². The molecule has 2 saturated carbocycles. The molecule has 4 atom stereocenters. The number of hydrogen-bond donors (Lipinski definition) is 4. The van der Waals surface area contributed by atoms with Gasteiger partial charge in [-0.2, -0.15) is 0 Å². The molecule has 6 heterocycles. The number of carbonyl (C=O) groups is 4. The Labute approximate surface area is 437 Å². The van der Waals surface area contributed by atoms with Gasteiger partial charge >= 0.3 is 12.2 Å². The first-order chi connectivity index (χ1) is 36.0. The number of aromatic amines is 2. The third kappa shape index (κ3) is 8.53. The second kappa shape index (κ2) is 17.9. The van der Waals surface area contributed by atoms with Crippen molar-refractivity contribution in [2.75, 3.05) is 27.3 Å². The number of rotatable bonds is 11. The van der Waals surface area contributed by atoms with E-state index in [1.165, 1.54) is 47.6 Å². The van der Waals surface area contributed by atoms with Crippen molar-refractivity contribution in [2.45, 2.75) is 134 Å². The van der Waals surface area contributed by atoms with Crippen LogP contribution in [0.25, 0.3) is 45.0 Å². The zero-order valence-corrected chi connectivity index (χ0v) is 43.9. The summed E-state index contributed by atoms with van der Waals surface area (Å²) < 4.78 is 9.75. The zero-order chi connectivity index (χ0) is 52.2. The maximum atomic E-state index is 14.6. The van der Waals surface area contributed by atoms with E-state index in [1.807, 2.05) is 64.9 Å². The van der Waals surface area contributed by atoms with Gasteiger partial charge in [-0.3, -0.25) is 19.6 Å². The van der Waals surface area contributed by atoms with Crippen LogP contribution in [0.15, 0.2) is 79.4 Å². The lowest BCUT2D eigenvalue weighted by molar-refractivity contribution is -0.135. The number of fused-ring (bicyclic) bond motifs is 2. The summed E-state index contributed by atoms with van der Waals surface area (Å²) in [5.41, 5.74) is 14.1. The molecule has 4 N–H and O–H groups in total. The smallest absolute Gasteiger partial charge is 0.407 e. The average Bonchev–Trinajstić information content (AvgIpc) is 3.84. The highest BCUT2D eigenvalue weighted by atomic mass is 16.5. The molecule has 2 saturated heterocycles. The van der Waals surface area contributed by atoms with Gasteiger partial charge in [-0.25, -0.2) is 19.6 Å². The van der Waals surface area contributed by atoms with Crippen LogP contribution in [0.2, 0.25) is 0 Å². The third-order valence-electron chi connectivity index (χ3n) is 17.7. The lowest BCUT2D eigenvalue weighted by Gasteiger charge is -2.30. The Morgan fingerprint density at radius 3 is 1.56 bits per heavy atom. The van der Waals surface area contributed by atoms with E-state index in [2.05, 4.69) is 72.6 Å². The van der Waals surface area contributed by atoms with Crippen LogP contribution in [-0.2, 0) is 42.7 Å². The minimum Gasteiger partial charge on any atom is -0.453 e. The van der Waals surface area contributed by atoms with Gasteiger partial charge in [-0.1, -0.05) is 58.0 Å². The lowest BCUT2D eigenvalue weighted by Crippen LogP contribution is -2.47. The van der Waals surface area contributed by atoms with Gasteiger partial charge in [0.1, 0.15) is 23.7 Å². The Morgan fingerprint density at radius 1 is 0.627 bits per heavy atom. The van der Waals surface area contributed by atoms with E-state index in [-0.39, 0.29) is 45.6 Å². The first-order valence-electron chi connectivity index (χ1n) is 26.6. The van der Waals surface area contributed by atoms with E-state index >= 15 is 0 Å². The fraction of sp³-hybridized carbons (Fsp3) is 0.458. The molecule has 0 bridgehead atoms. The molecule has 4 amide bonds. The molecule has 12 rings (SSSR count). The minimum absolute atomic E-state index is 0.0399. The third-order valence-corrected chi connectivity index (χ3v) is 17.7. The predicted octanol–water partition coefficient (Wildman–Crippen LogP) is 9.99. The number of likely N-dealkylation sites (tertiary alicyclic amines) is 2. The molecule has 75 heavy (non-hydrogen) atoms. The molecule has 4 aliphatic carbocycles. The number of carbonyl (C=O) groups excluding carboxylic acids is 4. The molecule has 6 aromatic rings. The van der Waals surface area contributed by atoms with Crippen LogP contribution in [0, 0.1) is 10.8 Å². The van der Waals surface area contributed by atoms with Gasteiger partial charge in [0.05, 0.1) is 61.5 Å². The molecule has 16 nitrogen and oxygen atoms in total. The number of nitrogens with zero attached hydrogens (tertiary/aromatic N) is 6. The SMILES string of the molecule is COC(=O)NC(C(=O)N1CC2(CC2)C[C@H]1c1ncc(-c2cc(-c3c4c(c(-c5ccnc(-c6cnc([C@@H]7CC8(CC8)CN7C(=O)[C@@H](C)NC(=O)OC)[nH]6)c5)c5c3C(C)(C)CC5)C(C)(C)CC4)ccn2)[nH]1)c1ccccc1. The second-order valence-corrected chi connectivity index (χ2v) is 23.7. The molecule has 2 aromatic carbocycles. The van der Waals surface area contributed by atoms with E-state index < -0.39 is 24.3 Å². The first-order valence-corrected chi connectivity index (χ1v) is 26.6. The predicted molar refractivity (Wildman–Crippen MR) is 282 cm³/mol. The van der Waals surface area contributed by atoms with Crippen molar-refractivity contribution in [3.63, 3.8) is 0 Å². The second-order valence-electron chi connectivity index (χ2n) is 23.7. The summed E-state index contributed by atoms with van der Waals surface area (Å²) in [5.74, 6) is 1.09. The fourth-order valence-corrected chi connectivity index (χ4v) is 13.3. The Morgan fingerprint density at radius 2 is 1.09 bits per heavy atom. The molecule has 1 unspecified atom stereocenters. The lowest BCUT2D eigenvalue weighted by atomic mass is 9.73. The number of methoxy groups -OCH3 is 2. The summed E-state index contributed by atoms with van der Waals surface area (Å²) in [4.78, 5) is 83.7. The fourth-order valence-electron chi connectivity index (χ4n) is 13.3. The van der Waals surface area contributed by atoms with E-state index in [4.69, 9.17) is 29.4 Å². The molecule has 16 heteroatoms. The summed E-state index contributed by atoms with van der Waals surface area (Å²) in [6.45, 7) is 12.4. The van der Waals surface area contributed by atoms with E-state index in [9.17, 15) is 19.2 Å². The van der Waals surface area contributed by atoms with Crippen molar-refractivity contribution >= 4 is 24.0 Å². The molecule has 4 fully saturated rings. The highest BCUT2D eigenvalue weighted by molar-refractivity contribution is 5.90. The number of H-pyrrole nitrogens is 2. The van der Waals surface area contributed by atoms with Crippen LogP contribution < -0.4 is 10.6 Å². The van der Waals surface area contributed by atoms with Crippen molar-refractivity contribution in [3.05, 3.63) is 119 Å². The molecule has 6 aliphatic rings. The summed E-state index contributed by atoms with van der Waals surface area (Å²) in [5, 5.41) is 5.46. The Bertz CT molecular complexity index is 3280. The van der Waals surface area contributed by atoms with Crippen molar-refractivity contribution in [3.8, 4) is 45.0 Å². The van der Waals surface area contributed by atoms with Gasteiger partial charge in [0.25, 0.3) is 5.91 Å². The van der Waals surface area contributed by atoms with E-state index in [0.29, 0.717) is 24.5 Å². The molecule has 0 radical (unpaired) electrons. The highest BCUT2D eigenvalue weighted by Crippen LogP contribution is 2.60. The number of ether oxygens (including phenoxy) is 2. The molecular weight excluding hydrogens is 945 g/mol. The van der Waals surface area contributed by atoms with Crippen LogP contribution in [0.5, 0.6) is 0 Å². The number of benzene rings is 2. The standard InChI is InChI=1S/C59H66N10O6/c1-33(64-54(72)74-6)52(70)68-31-58(19-20-58)27-43(68)50-62-29-41(65-50)39-25-35(15-23-60-39)45-37-13-17-57(4,5)48(37)46(38-14-18-56(2,3)47(38)45)36-16-24-61-40(26-36)42-30-63-51(66-42)44-28-59(21-22-59)32-69(44)53(71)49(67-55(73)75-7)34-11-9-8-10-12-34/h8-12,15-16,23-26,29-30,33,43-44,49H,13-14,17-22,27-28,31-32H2,1-7H3,(H,62,65)(H,63,66)(H,64,72)(H,67,73)/t33-,43+,44+,49?/m1/s1. The summed E-state index contributed by atoms with van der Waals surface area (Å²) in [6.07, 6.45) is 15.9. The average molecular weight is 1010 g/mol. The molecule has 388 valence electrons. The van der Waals surface area contributed by atoms with Gasteiger partial charge in [-0.15, -0.1) is 0 Å². The van der Waals surface area contributed by atoms with E-state index in [0.717, 1.165) is 104 Å². The summed E-state index contributed by atoms with van der Waals surface area (Å²) in [6, 6.07) is 15.9. The largest absolute Gasteiger partial charge is 0.453 e. The molecule has 4 aromatic heterocycles. The number of imidazole rings is 2. The number of alkyl carbamates (subject to hydrolysis) is 2. The van der Waals surface area contributed by atoms with Crippen LogP contribution in [0.3, 0.4) is 0 Å². The summed E-state index contributed by atoms with van der Waals surface area (Å²) >= 11 is 0. The van der Waals surface area contributed by atoms with Crippen molar-refractivity contribution in [1.29, 1.82) is 0 Å². The van der Waals surface area contributed by atoms with Gasteiger partial charge in [0.15, 0.2) is 0 Å². The van der Waals surface area contributed by atoms with Crippen LogP contribution in [0.4, 0.5) is 9.59 Å². The van der Waals surface area contributed by atoms with Gasteiger partial charge in [0.2, 0.25) is 5.91 Å². The number of amides is 4. The quantitative estimate of drug-likeness (QED) is 0.0968. The zero-order valence-electron chi connectivity index (χ0n) is 43.9. The number of pyridine rings is 2. The number of nitrogens with one attached hydrogen (secondary N) is 4. The normalized spacial score (nSPS) is 21.6. The first kappa shape index (κ1) is 48.6. The van der Waals surface area contributed by atoms with E-state index in [1.54, 1.807) is 6.92 Å². The monoisotopic (exact) mass is 1010 g/mol. The van der Waals surface area contributed by atoms with Crippen LogP contribution in [0.1, 0.15) is 144 Å². The van der Waals surface area contributed by atoms with Gasteiger partial charge in [-0.05, 0) is 167 Å². The molecular formula is C59H66N10O6. The molecule has 2 spiro atoms. The minimum atomic E-state index is -0.908. The summed E-state index contributed by atoms with van der Waals surface area (Å²) in [7, 11) is 2.60. The molecule has 2 aliphatic heterocycles. The van der Waals surface area contributed by atoms with Crippen LogP contribution in [-0.4, -0.2) is 97.1 Å². The van der Waals surface area contributed by atoms with Crippen molar-refractivity contribution < 1.29 is 28.7 Å². The van der Waals surface area contributed by atoms with Crippen molar-refractivity contribution in [2.24, 2.45) is 10.8 Å². The topological polar surface area (TPSA) is 200 Å². The number of hydrogen-bond acceptors (Lipinski definition) is 10. The van der Waals surface area contributed by atoms with Crippen LogP contribution >= 0.6 is 0 Å². The van der Waals surface area contributed by atoms with Crippen molar-refractivity contribution in [1.82, 2.24) is 50.3 Å². The maximum Gasteiger partial charge on any atom is 0.407 e. The Kier molecular flexibility index (Phi) is 11.6. The Balaban J connectivity index is 0.875.